The largest absolute Gasteiger partial charge is 0.507 e. The van der Waals surface area contributed by atoms with Gasteiger partial charge in [-0.05, 0) is 23.8 Å². The van der Waals surface area contributed by atoms with Gasteiger partial charge in [-0.3, -0.25) is 4.99 Å². The van der Waals surface area contributed by atoms with E-state index in [1.807, 2.05) is 24.3 Å². The summed E-state index contributed by atoms with van der Waals surface area (Å²) in [6.45, 7) is 0.650. The van der Waals surface area contributed by atoms with Gasteiger partial charge in [0, 0.05) is 11.8 Å². The van der Waals surface area contributed by atoms with Crippen molar-refractivity contribution >= 4 is 12.3 Å². The van der Waals surface area contributed by atoms with E-state index in [1.54, 1.807) is 12.3 Å². The van der Waals surface area contributed by atoms with Crippen molar-refractivity contribution in [1.82, 2.24) is 0 Å². The first-order chi connectivity index (χ1) is 5.88. The topological polar surface area (TPSA) is 32.6 Å². The van der Waals surface area contributed by atoms with Gasteiger partial charge < -0.3 is 5.11 Å². The molecule has 0 saturated carbocycles. The molecule has 2 rings (SSSR count). The van der Waals surface area contributed by atoms with E-state index < -0.39 is 0 Å². The fraction of sp³-hybridized carbons (Fsp3) is 0.100. The zero-order valence-electron chi connectivity index (χ0n) is 6.57. The maximum atomic E-state index is 9.47. The Morgan fingerprint density at radius 2 is 2.25 bits per heavy atom. The van der Waals surface area contributed by atoms with Gasteiger partial charge in [-0.15, -0.1) is 0 Å². The number of aliphatic imine (C=N–C) groups is 1. The van der Waals surface area contributed by atoms with Crippen LogP contribution in [0.3, 0.4) is 0 Å². The zero-order chi connectivity index (χ0) is 8.39. The molecule has 0 aliphatic carbocycles. The lowest BCUT2D eigenvalue weighted by molar-refractivity contribution is 0.473. The Morgan fingerprint density at radius 3 is 3.17 bits per heavy atom. The molecule has 0 bridgehead atoms. The second-order valence-electron chi connectivity index (χ2n) is 2.70. The van der Waals surface area contributed by atoms with E-state index in [9.17, 15) is 5.11 Å². The third-order valence-corrected chi connectivity index (χ3v) is 1.89. The van der Waals surface area contributed by atoms with Gasteiger partial charge in [0.05, 0.1) is 6.54 Å². The standard InChI is InChI=1S/C10H9NO/c12-10-5-1-3-8-7-11-6-2-4-9(8)10/h1-6,12H,7H2. The van der Waals surface area contributed by atoms with Crippen molar-refractivity contribution in [2.45, 2.75) is 6.54 Å². The van der Waals surface area contributed by atoms with Gasteiger partial charge in [0.25, 0.3) is 0 Å². The number of hydrogen-bond acceptors (Lipinski definition) is 2. The first kappa shape index (κ1) is 7.10. The molecule has 0 amide bonds. The number of rotatable bonds is 0. The molecule has 1 aromatic carbocycles. The summed E-state index contributed by atoms with van der Waals surface area (Å²) in [5, 5.41) is 9.47. The van der Waals surface area contributed by atoms with Crippen LogP contribution in [0.15, 0.2) is 29.3 Å². The third kappa shape index (κ3) is 1.11. The highest BCUT2D eigenvalue weighted by Crippen LogP contribution is 2.23. The number of benzene rings is 1. The summed E-state index contributed by atoms with van der Waals surface area (Å²) < 4.78 is 0. The minimum Gasteiger partial charge on any atom is -0.507 e. The summed E-state index contributed by atoms with van der Waals surface area (Å²) in [7, 11) is 0. The Bertz CT molecular complexity index is 353. The van der Waals surface area contributed by atoms with Crippen LogP contribution >= 0.6 is 0 Å². The van der Waals surface area contributed by atoms with Crippen molar-refractivity contribution in [3.63, 3.8) is 0 Å². The predicted molar refractivity (Wildman–Crippen MR) is 49.3 cm³/mol. The highest BCUT2D eigenvalue weighted by molar-refractivity contribution is 5.81. The van der Waals surface area contributed by atoms with Crippen LogP contribution in [-0.2, 0) is 6.54 Å². The molecule has 1 aliphatic rings. The van der Waals surface area contributed by atoms with Crippen molar-refractivity contribution in [1.29, 1.82) is 0 Å². The average molecular weight is 159 g/mol. The van der Waals surface area contributed by atoms with Gasteiger partial charge in [0.2, 0.25) is 0 Å². The molecule has 0 unspecified atom stereocenters. The van der Waals surface area contributed by atoms with Crippen LogP contribution in [0.5, 0.6) is 5.75 Å². The van der Waals surface area contributed by atoms with Crippen LogP contribution in [-0.4, -0.2) is 11.3 Å². The van der Waals surface area contributed by atoms with E-state index in [2.05, 4.69) is 4.99 Å². The highest BCUT2D eigenvalue weighted by atomic mass is 16.3. The molecular weight excluding hydrogens is 150 g/mol. The minimum absolute atomic E-state index is 0.328. The lowest BCUT2D eigenvalue weighted by Crippen LogP contribution is -1.85. The quantitative estimate of drug-likeness (QED) is 0.616. The first-order valence-corrected chi connectivity index (χ1v) is 3.85. The summed E-state index contributed by atoms with van der Waals surface area (Å²) in [4.78, 5) is 4.13. The normalized spacial score (nSPS) is 14.0. The van der Waals surface area contributed by atoms with Crippen molar-refractivity contribution < 1.29 is 5.11 Å². The van der Waals surface area contributed by atoms with E-state index in [1.165, 1.54) is 0 Å². The summed E-state index contributed by atoms with van der Waals surface area (Å²) >= 11 is 0. The van der Waals surface area contributed by atoms with E-state index in [0.717, 1.165) is 11.1 Å². The molecule has 1 N–H and O–H groups in total. The Balaban J connectivity index is 2.59. The average Bonchev–Trinajstić information content (AvgIpc) is 2.30. The summed E-state index contributed by atoms with van der Waals surface area (Å²) in [6.07, 6.45) is 5.46. The molecular formula is C10H9NO. The summed E-state index contributed by atoms with van der Waals surface area (Å²) in [6, 6.07) is 5.50. The highest BCUT2D eigenvalue weighted by Gasteiger charge is 2.04. The number of phenols is 1. The molecule has 0 aromatic heterocycles. The van der Waals surface area contributed by atoms with E-state index >= 15 is 0 Å². The molecule has 12 heavy (non-hydrogen) atoms. The monoisotopic (exact) mass is 159 g/mol. The maximum absolute atomic E-state index is 9.47. The SMILES string of the molecule is Oc1cccc2c1C=CC=NC2. The van der Waals surface area contributed by atoms with Gasteiger partial charge in [0.15, 0.2) is 0 Å². The second kappa shape index (κ2) is 2.81. The molecule has 60 valence electrons. The summed E-state index contributed by atoms with van der Waals surface area (Å²) in [5.74, 6) is 0.328. The molecule has 1 heterocycles. The molecule has 0 saturated heterocycles. The Labute approximate surface area is 70.9 Å². The van der Waals surface area contributed by atoms with Crippen LogP contribution in [0.2, 0.25) is 0 Å². The van der Waals surface area contributed by atoms with Gasteiger partial charge in [0.1, 0.15) is 5.75 Å². The number of hydrogen-bond donors (Lipinski definition) is 1. The van der Waals surface area contributed by atoms with E-state index in [0.29, 0.717) is 12.3 Å². The van der Waals surface area contributed by atoms with Gasteiger partial charge >= 0.3 is 0 Å². The fourth-order valence-electron chi connectivity index (χ4n) is 1.28. The number of nitrogens with zero attached hydrogens (tertiary/aromatic N) is 1. The maximum Gasteiger partial charge on any atom is 0.123 e. The molecule has 0 atom stereocenters. The van der Waals surface area contributed by atoms with Crippen molar-refractivity contribution in [2.75, 3.05) is 0 Å². The second-order valence-corrected chi connectivity index (χ2v) is 2.70. The van der Waals surface area contributed by atoms with Crippen LogP contribution in [0.4, 0.5) is 0 Å². The Kier molecular flexibility index (Phi) is 1.67. The summed E-state index contributed by atoms with van der Waals surface area (Å²) in [5.41, 5.74) is 1.95. The van der Waals surface area contributed by atoms with Crippen molar-refractivity contribution in [2.24, 2.45) is 4.99 Å². The van der Waals surface area contributed by atoms with E-state index in [-0.39, 0.29) is 0 Å². The Hall–Kier alpha value is -1.57. The smallest absolute Gasteiger partial charge is 0.123 e. The van der Waals surface area contributed by atoms with Crippen LogP contribution in [0, 0.1) is 0 Å². The lowest BCUT2D eigenvalue weighted by atomic mass is 10.1. The molecule has 0 radical (unpaired) electrons. The zero-order valence-corrected chi connectivity index (χ0v) is 6.57. The Morgan fingerprint density at radius 1 is 1.33 bits per heavy atom. The molecule has 0 fully saturated rings. The third-order valence-electron chi connectivity index (χ3n) is 1.89. The first-order valence-electron chi connectivity index (χ1n) is 3.85. The number of fused-ring (bicyclic) bond motifs is 1. The van der Waals surface area contributed by atoms with Crippen LogP contribution < -0.4 is 0 Å². The predicted octanol–water partition coefficient (Wildman–Crippen LogP) is 1.99. The number of allylic oxidation sites excluding steroid dienone is 1. The van der Waals surface area contributed by atoms with Crippen LogP contribution in [0.25, 0.3) is 6.08 Å². The minimum atomic E-state index is 0.328. The lowest BCUT2D eigenvalue weighted by Gasteiger charge is -2.03. The molecule has 2 heteroatoms. The number of aromatic hydroxyl groups is 1. The van der Waals surface area contributed by atoms with Crippen molar-refractivity contribution in [3.8, 4) is 5.75 Å². The molecule has 2 nitrogen and oxygen atoms in total. The van der Waals surface area contributed by atoms with Crippen LogP contribution in [0.1, 0.15) is 11.1 Å². The van der Waals surface area contributed by atoms with Gasteiger partial charge in [-0.2, -0.15) is 0 Å². The van der Waals surface area contributed by atoms with Gasteiger partial charge in [-0.25, -0.2) is 0 Å². The fourth-order valence-corrected chi connectivity index (χ4v) is 1.28. The molecule has 1 aromatic rings. The van der Waals surface area contributed by atoms with E-state index in [4.69, 9.17) is 0 Å². The number of phenolic OH excluding ortho intramolecular Hbond substituents is 1. The van der Waals surface area contributed by atoms with Crippen molar-refractivity contribution in [3.05, 3.63) is 35.4 Å². The molecule has 0 spiro atoms. The molecule has 1 aliphatic heterocycles. The van der Waals surface area contributed by atoms with Gasteiger partial charge in [-0.1, -0.05) is 12.1 Å².